The number of nitrogens with zero attached hydrogens (tertiary/aromatic N) is 4. The first-order chi connectivity index (χ1) is 29.8. The number of fused-ring (bicyclic) bond motifs is 15. The van der Waals surface area contributed by atoms with Crippen LogP contribution >= 0.6 is 0 Å². The molecule has 4 nitrogen and oxygen atoms in total. The van der Waals surface area contributed by atoms with Crippen LogP contribution in [0.2, 0.25) is 0 Å². The highest BCUT2D eigenvalue weighted by molar-refractivity contribution is 6.19. The van der Waals surface area contributed by atoms with E-state index in [0.29, 0.717) is 17.5 Å². The molecule has 4 heteroatoms. The molecule has 2 aliphatic carbocycles. The Morgan fingerprint density at radius 1 is 0.350 bits per heavy atom. The summed E-state index contributed by atoms with van der Waals surface area (Å²) in [6.45, 7) is 0. The Morgan fingerprint density at radius 3 is 1.55 bits per heavy atom. The predicted octanol–water partition coefficient (Wildman–Crippen LogP) is 13.5. The molecule has 0 saturated carbocycles. The molecule has 60 heavy (non-hydrogen) atoms. The number of hydrogen-bond acceptors (Lipinski definition) is 3. The van der Waals surface area contributed by atoms with E-state index in [4.69, 9.17) is 15.0 Å². The molecular weight excluding hydrogens is 729 g/mol. The fraction of sp³-hybridized carbons (Fsp3) is 0.0179. The van der Waals surface area contributed by atoms with Crippen molar-refractivity contribution in [2.24, 2.45) is 0 Å². The van der Waals surface area contributed by atoms with Crippen molar-refractivity contribution in [2.45, 2.75) is 5.41 Å². The lowest BCUT2D eigenvalue weighted by molar-refractivity contribution is 0.794. The highest BCUT2D eigenvalue weighted by atomic mass is 15.0. The fourth-order valence-electron chi connectivity index (χ4n) is 10.4. The lowest BCUT2D eigenvalue weighted by atomic mass is 9.70. The first-order valence-corrected chi connectivity index (χ1v) is 20.5. The van der Waals surface area contributed by atoms with Crippen molar-refractivity contribution >= 4 is 32.6 Å². The minimum Gasteiger partial charge on any atom is -0.309 e. The summed E-state index contributed by atoms with van der Waals surface area (Å²) in [7, 11) is 0. The topological polar surface area (TPSA) is 43.6 Å². The predicted molar refractivity (Wildman–Crippen MR) is 244 cm³/mol. The van der Waals surface area contributed by atoms with E-state index in [2.05, 4.69) is 150 Å². The smallest absolute Gasteiger partial charge is 0.164 e. The molecule has 0 bridgehead atoms. The molecule has 2 heterocycles. The number of para-hydroxylation sites is 1. The van der Waals surface area contributed by atoms with Gasteiger partial charge in [-0.15, -0.1) is 0 Å². The zero-order chi connectivity index (χ0) is 39.4. The highest BCUT2D eigenvalue weighted by Crippen LogP contribution is 2.64. The fourth-order valence-corrected chi connectivity index (χ4v) is 10.4. The van der Waals surface area contributed by atoms with Gasteiger partial charge in [0, 0.05) is 33.2 Å². The second-order valence-electron chi connectivity index (χ2n) is 15.9. The Balaban J connectivity index is 1.02. The first-order valence-electron chi connectivity index (χ1n) is 20.5. The molecule has 9 aromatic carbocycles. The molecule has 0 fully saturated rings. The Bertz CT molecular complexity index is 3440. The van der Waals surface area contributed by atoms with Gasteiger partial charge in [0.15, 0.2) is 17.5 Å². The van der Waals surface area contributed by atoms with Crippen LogP contribution in [0, 0.1) is 0 Å². The van der Waals surface area contributed by atoms with Crippen molar-refractivity contribution in [1.82, 2.24) is 19.5 Å². The maximum atomic E-state index is 5.04. The second kappa shape index (κ2) is 12.5. The molecule has 0 atom stereocenters. The third-order valence-electron chi connectivity index (χ3n) is 12.8. The molecule has 13 rings (SSSR count). The van der Waals surface area contributed by atoms with Crippen LogP contribution in [-0.4, -0.2) is 19.5 Å². The quantitative estimate of drug-likeness (QED) is 0.179. The Morgan fingerprint density at radius 2 is 0.883 bits per heavy atom. The number of aromatic nitrogens is 4. The van der Waals surface area contributed by atoms with Crippen molar-refractivity contribution < 1.29 is 0 Å². The van der Waals surface area contributed by atoms with E-state index < -0.39 is 5.41 Å². The van der Waals surface area contributed by atoms with E-state index in [1.54, 1.807) is 0 Å². The van der Waals surface area contributed by atoms with E-state index in [1.165, 1.54) is 66.3 Å². The van der Waals surface area contributed by atoms with Gasteiger partial charge in [-0.25, -0.2) is 15.0 Å². The second-order valence-corrected chi connectivity index (χ2v) is 15.9. The molecule has 0 N–H and O–H groups in total. The van der Waals surface area contributed by atoms with Crippen molar-refractivity contribution in [3.63, 3.8) is 0 Å². The van der Waals surface area contributed by atoms with Gasteiger partial charge in [0.05, 0.1) is 16.4 Å². The van der Waals surface area contributed by atoms with Crippen LogP contribution in [0.25, 0.3) is 94.7 Å². The van der Waals surface area contributed by atoms with Gasteiger partial charge in [0.2, 0.25) is 0 Å². The highest BCUT2D eigenvalue weighted by Gasteiger charge is 2.52. The Labute approximate surface area is 346 Å². The Kier molecular flexibility index (Phi) is 6.90. The molecule has 0 saturated heterocycles. The summed E-state index contributed by atoms with van der Waals surface area (Å²) >= 11 is 0. The van der Waals surface area contributed by atoms with Crippen LogP contribution in [0.4, 0.5) is 0 Å². The molecule has 2 aliphatic rings. The van der Waals surface area contributed by atoms with Gasteiger partial charge in [-0.05, 0) is 85.6 Å². The molecule has 0 radical (unpaired) electrons. The lowest BCUT2D eigenvalue weighted by Gasteiger charge is -2.30. The van der Waals surface area contributed by atoms with Crippen LogP contribution in [0.1, 0.15) is 22.3 Å². The summed E-state index contributed by atoms with van der Waals surface area (Å²) in [6, 6.07) is 74.4. The summed E-state index contributed by atoms with van der Waals surface area (Å²) < 4.78 is 2.45. The summed E-state index contributed by atoms with van der Waals surface area (Å²) in [5.41, 5.74) is 16.6. The molecule has 2 aromatic heterocycles. The van der Waals surface area contributed by atoms with Crippen molar-refractivity contribution in [3.8, 4) is 62.1 Å². The van der Waals surface area contributed by atoms with Crippen molar-refractivity contribution in [3.05, 3.63) is 229 Å². The van der Waals surface area contributed by atoms with Crippen LogP contribution in [0.5, 0.6) is 0 Å². The van der Waals surface area contributed by atoms with Gasteiger partial charge >= 0.3 is 0 Å². The zero-order valence-corrected chi connectivity index (χ0v) is 32.4. The third kappa shape index (κ3) is 4.53. The molecule has 0 amide bonds. The SMILES string of the molecule is c1ccc(-c2nc(-c3ccccc3)nc(-c3ccc4ccc(-n5c6ccccc6c6c7c(ccc65)C5(c6ccccc6-c6ccccc65)c5ccccc5-7)cc4c3)n2)cc1. The third-order valence-corrected chi connectivity index (χ3v) is 12.8. The van der Waals surface area contributed by atoms with E-state index in [1.807, 2.05) is 60.7 Å². The summed E-state index contributed by atoms with van der Waals surface area (Å²) in [6.07, 6.45) is 0. The average Bonchev–Trinajstić information content (AvgIpc) is 3.93. The summed E-state index contributed by atoms with van der Waals surface area (Å²) in [5.74, 6) is 1.95. The van der Waals surface area contributed by atoms with E-state index in [-0.39, 0.29) is 0 Å². The van der Waals surface area contributed by atoms with Crippen LogP contribution in [0.15, 0.2) is 206 Å². The summed E-state index contributed by atoms with van der Waals surface area (Å²) in [4.78, 5) is 15.0. The summed E-state index contributed by atoms with van der Waals surface area (Å²) in [5, 5.41) is 4.80. The normalized spacial score (nSPS) is 13.1. The molecule has 11 aromatic rings. The van der Waals surface area contributed by atoms with Crippen LogP contribution < -0.4 is 0 Å². The molecule has 0 unspecified atom stereocenters. The molecule has 0 aliphatic heterocycles. The standard InChI is InChI=1S/C56H34N4/c1-3-15-36(16-4-1)53-57-54(37-17-5-2-6-18-37)59-55(58-53)38-28-27-35-29-30-40(34-39(35)33-38)60-49-26-14-10-22-44(49)52-50(60)32-31-48-51(52)43-21-9-13-25-47(43)56(48)45-23-11-7-19-41(45)42-20-8-12-24-46(42)56/h1-34H. The monoisotopic (exact) mass is 762 g/mol. The van der Waals surface area contributed by atoms with Gasteiger partial charge in [0.1, 0.15) is 0 Å². The zero-order valence-electron chi connectivity index (χ0n) is 32.4. The Hall–Kier alpha value is -7.95. The largest absolute Gasteiger partial charge is 0.309 e. The van der Waals surface area contributed by atoms with E-state index in [9.17, 15) is 0 Å². The number of rotatable bonds is 4. The first kappa shape index (κ1) is 33.1. The van der Waals surface area contributed by atoms with E-state index >= 15 is 0 Å². The number of hydrogen-bond donors (Lipinski definition) is 0. The van der Waals surface area contributed by atoms with Gasteiger partial charge in [0.25, 0.3) is 0 Å². The van der Waals surface area contributed by atoms with Gasteiger partial charge < -0.3 is 4.57 Å². The molecular formula is C56H34N4. The average molecular weight is 763 g/mol. The molecule has 278 valence electrons. The number of benzene rings is 9. The molecule has 1 spiro atoms. The van der Waals surface area contributed by atoms with E-state index in [0.717, 1.165) is 33.2 Å². The maximum Gasteiger partial charge on any atom is 0.164 e. The van der Waals surface area contributed by atoms with Gasteiger partial charge in [-0.1, -0.05) is 176 Å². The lowest BCUT2D eigenvalue weighted by Crippen LogP contribution is -2.25. The van der Waals surface area contributed by atoms with Crippen molar-refractivity contribution in [1.29, 1.82) is 0 Å². The van der Waals surface area contributed by atoms with Crippen LogP contribution in [0.3, 0.4) is 0 Å². The minimum atomic E-state index is -0.397. The maximum absolute atomic E-state index is 5.04. The van der Waals surface area contributed by atoms with Gasteiger partial charge in [-0.2, -0.15) is 0 Å². The van der Waals surface area contributed by atoms with Crippen LogP contribution in [-0.2, 0) is 5.41 Å². The minimum absolute atomic E-state index is 0.397. The van der Waals surface area contributed by atoms with Crippen molar-refractivity contribution in [2.75, 3.05) is 0 Å². The van der Waals surface area contributed by atoms with Gasteiger partial charge in [-0.3, -0.25) is 0 Å².